The number of esters is 1. The van der Waals surface area contributed by atoms with E-state index in [4.69, 9.17) is 18.9 Å². The zero-order valence-electron chi connectivity index (χ0n) is 12.1. The minimum absolute atomic E-state index is 0.235. The highest BCUT2D eigenvalue weighted by atomic mass is 16.8. The molecule has 0 unspecified atom stereocenters. The smallest absolute Gasteiger partial charge is 0.308 e. The van der Waals surface area contributed by atoms with Crippen molar-refractivity contribution >= 4 is 5.97 Å². The van der Waals surface area contributed by atoms with Crippen LogP contribution in [0.25, 0.3) is 0 Å². The molecule has 20 heavy (non-hydrogen) atoms. The average Bonchev–Trinajstić information content (AvgIpc) is 2.80. The molecule has 0 aromatic rings. The molecule has 2 heterocycles. The van der Waals surface area contributed by atoms with E-state index in [9.17, 15) is 15.0 Å². The van der Waals surface area contributed by atoms with Gasteiger partial charge in [0.1, 0.15) is 31.0 Å². The lowest BCUT2D eigenvalue weighted by Crippen LogP contribution is -2.43. The fourth-order valence-corrected chi connectivity index (χ4v) is 2.26. The Kier molecular flexibility index (Phi) is 4.36. The maximum Gasteiger partial charge on any atom is 0.308 e. The molecule has 7 nitrogen and oxygen atoms in total. The summed E-state index contributed by atoms with van der Waals surface area (Å²) in [6, 6.07) is 0. The summed E-state index contributed by atoms with van der Waals surface area (Å²) in [4.78, 5) is 11.3. The second kappa shape index (κ2) is 5.57. The third-order valence-electron chi connectivity index (χ3n) is 3.30. The van der Waals surface area contributed by atoms with Crippen LogP contribution in [0.5, 0.6) is 0 Å². The van der Waals surface area contributed by atoms with Crippen LogP contribution in [0.15, 0.2) is 0 Å². The number of fused-ring (bicyclic) bond motifs is 1. The quantitative estimate of drug-likeness (QED) is 0.691. The Labute approximate surface area is 117 Å². The van der Waals surface area contributed by atoms with Gasteiger partial charge >= 0.3 is 5.97 Å². The van der Waals surface area contributed by atoms with Gasteiger partial charge in [0.2, 0.25) is 0 Å². The van der Waals surface area contributed by atoms with Gasteiger partial charge in [0, 0.05) is 0 Å². The molecular formula is C13H22O7. The normalized spacial score (nSPS) is 37.0. The Morgan fingerprint density at radius 3 is 2.55 bits per heavy atom. The molecule has 0 aromatic carbocycles. The van der Waals surface area contributed by atoms with Crippen molar-refractivity contribution in [1.82, 2.24) is 0 Å². The van der Waals surface area contributed by atoms with E-state index in [1.165, 1.54) is 0 Å². The van der Waals surface area contributed by atoms with Crippen LogP contribution in [-0.2, 0) is 23.7 Å². The Bertz CT molecular complexity index is 368. The summed E-state index contributed by atoms with van der Waals surface area (Å²) >= 11 is 0. The third-order valence-corrected chi connectivity index (χ3v) is 3.30. The summed E-state index contributed by atoms with van der Waals surface area (Å²) in [5.74, 6) is -1.51. The van der Waals surface area contributed by atoms with Gasteiger partial charge in [-0.3, -0.25) is 4.79 Å². The molecule has 5 atom stereocenters. The Balaban J connectivity index is 1.87. The fraction of sp³-hybridized carbons (Fsp3) is 0.923. The number of hydrogen-bond donors (Lipinski definition) is 2. The highest BCUT2D eigenvalue weighted by molar-refractivity contribution is 5.71. The van der Waals surface area contributed by atoms with Gasteiger partial charge in [0.15, 0.2) is 12.1 Å². The van der Waals surface area contributed by atoms with Gasteiger partial charge in [-0.2, -0.15) is 0 Å². The molecule has 7 heteroatoms. The van der Waals surface area contributed by atoms with Gasteiger partial charge < -0.3 is 29.2 Å². The highest BCUT2D eigenvalue weighted by Gasteiger charge is 2.56. The number of aliphatic hydroxyl groups is 2. The first-order chi connectivity index (χ1) is 9.21. The van der Waals surface area contributed by atoms with Gasteiger partial charge in [-0.1, -0.05) is 13.8 Å². The Morgan fingerprint density at radius 2 is 2.00 bits per heavy atom. The standard InChI is InChI=1S/C13H22O7/c1-6(2)11(16)17-5-7(14)9-8(15)10-12(18-9)20-13(3,4)19-10/h6-10,12,14-15H,5H2,1-4H3/t7-,8+,9-,10-,12-/m1/s1. The molecule has 2 rings (SSSR count). The minimum atomic E-state index is -1.13. The number of aliphatic hydroxyl groups excluding tert-OH is 2. The van der Waals surface area contributed by atoms with E-state index in [0.717, 1.165) is 0 Å². The summed E-state index contributed by atoms with van der Waals surface area (Å²) in [7, 11) is 0. The van der Waals surface area contributed by atoms with Gasteiger partial charge in [0.25, 0.3) is 0 Å². The molecule has 2 N–H and O–H groups in total. The van der Waals surface area contributed by atoms with Crippen LogP contribution in [0.3, 0.4) is 0 Å². The van der Waals surface area contributed by atoms with Crippen molar-refractivity contribution in [2.75, 3.05) is 6.61 Å². The van der Waals surface area contributed by atoms with Crippen LogP contribution in [0.1, 0.15) is 27.7 Å². The van der Waals surface area contributed by atoms with Gasteiger partial charge in [-0.25, -0.2) is 0 Å². The van der Waals surface area contributed by atoms with E-state index in [1.54, 1.807) is 27.7 Å². The zero-order valence-corrected chi connectivity index (χ0v) is 12.1. The first kappa shape index (κ1) is 15.7. The maximum absolute atomic E-state index is 11.3. The summed E-state index contributed by atoms with van der Waals surface area (Å²) in [6.45, 7) is 6.60. The van der Waals surface area contributed by atoms with Crippen LogP contribution in [0.4, 0.5) is 0 Å². The van der Waals surface area contributed by atoms with E-state index < -0.39 is 42.5 Å². The molecule has 2 fully saturated rings. The molecule has 2 aliphatic heterocycles. The van der Waals surface area contributed by atoms with Crippen molar-refractivity contribution in [2.45, 2.75) is 64.2 Å². The molecule has 0 bridgehead atoms. The van der Waals surface area contributed by atoms with Crippen LogP contribution >= 0.6 is 0 Å². The van der Waals surface area contributed by atoms with Gasteiger partial charge in [-0.15, -0.1) is 0 Å². The first-order valence-corrected chi connectivity index (χ1v) is 6.75. The maximum atomic E-state index is 11.3. The Morgan fingerprint density at radius 1 is 1.35 bits per heavy atom. The second-order valence-corrected chi connectivity index (χ2v) is 5.91. The summed E-state index contributed by atoms with van der Waals surface area (Å²) in [5.41, 5.74) is 0. The number of rotatable bonds is 4. The minimum Gasteiger partial charge on any atom is -0.463 e. The number of hydrogen-bond acceptors (Lipinski definition) is 7. The summed E-state index contributed by atoms with van der Waals surface area (Å²) in [6.07, 6.45) is -4.44. The number of ether oxygens (including phenoxy) is 4. The van der Waals surface area contributed by atoms with E-state index in [-0.39, 0.29) is 12.5 Å². The molecular weight excluding hydrogens is 268 g/mol. The topological polar surface area (TPSA) is 94.5 Å². The van der Waals surface area contributed by atoms with Gasteiger partial charge in [0.05, 0.1) is 5.92 Å². The summed E-state index contributed by atoms with van der Waals surface area (Å²) in [5, 5.41) is 20.1. The molecule has 0 amide bonds. The number of carbonyl (C=O) groups excluding carboxylic acids is 1. The summed E-state index contributed by atoms with van der Waals surface area (Å²) < 4.78 is 21.4. The van der Waals surface area contributed by atoms with Crippen molar-refractivity contribution in [3.8, 4) is 0 Å². The molecule has 0 aromatic heterocycles. The van der Waals surface area contributed by atoms with E-state index in [1.807, 2.05) is 0 Å². The van der Waals surface area contributed by atoms with Crippen molar-refractivity contribution in [3.05, 3.63) is 0 Å². The SMILES string of the molecule is CC(C)C(=O)OC[C@@H](O)[C@H]1O[C@@H]2OC(C)(C)O[C@@H]2[C@H]1O. The molecule has 0 saturated carbocycles. The third kappa shape index (κ3) is 3.12. The van der Waals surface area contributed by atoms with Crippen LogP contribution in [0, 0.1) is 5.92 Å². The lowest BCUT2D eigenvalue weighted by Gasteiger charge is -2.25. The molecule has 0 aliphatic carbocycles. The van der Waals surface area contributed by atoms with Crippen molar-refractivity contribution in [3.63, 3.8) is 0 Å². The first-order valence-electron chi connectivity index (χ1n) is 6.75. The van der Waals surface area contributed by atoms with E-state index in [2.05, 4.69) is 0 Å². The average molecular weight is 290 g/mol. The second-order valence-electron chi connectivity index (χ2n) is 5.91. The molecule has 2 saturated heterocycles. The van der Waals surface area contributed by atoms with Crippen molar-refractivity contribution < 1.29 is 34.0 Å². The monoisotopic (exact) mass is 290 g/mol. The van der Waals surface area contributed by atoms with Crippen LogP contribution < -0.4 is 0 Å². The molecule has 0 radical (unpaired) electrons. The van der Waals surface area contributed by atoms with E-state index >= 15 is 0 Å². The number of carbonyl (C=O) groups is 1. The fourth-order valence-electron chi connectivity index (χ4n) is 2.26. The van der Waals surface area contributed by atoms with Crippen molar-refractivity contribution in [2.24, 2.45) is 5.92 Å². The Hall–Kier alpha value is -0.730. The predicted molar refractivity (Wildman–Crippen MR) is 66.5 cm³/mol. The largest absolute Gasteiger partial charge is 0.463 e. The lowest BCUT2D eigenvalue weighted by atomic mass is 10.1. The zero-order chi connectivity index (χ0) is 15.1. The van der Waals surface area contributed by atoms with Gasteiger partial charge in [-0.05, 0) is 13.8 Å². The van der Waals surface area contributed by atoms with Crippen LogP contribution in [-0.4, -0.2) is 59.3 Å². The molecule has 0 spiro atoms. The molecule has 2 aliphatic rings. The molecule has 116 valence electrons. The highest BCUT2D eigenvalue weighted by Crippen LogP contribution is 2.38. The van der Waals surface area contributed by atoms with Crippen molar-refractivity contribution in [1.29, 1.82) is 0 Å². The van der Waals surface area contributed by atoms with E-state index in [0.29, 0.717) is 0 Å². The van der Waals surface area contributed by atoms with Crippen LogP contribution in [0.2, 0.25) is 0 Å². The predicted octanol–water partition coefficient (Wildman–Crippen LogP) is -0.216. The lowest BCUT2D eigenvalue weighted by molar-refractivity contribution is -0.228.